The summed E-state index contributed by atoms with van der Waals surface area (Å²) in [5.41, 5.74) is 0.424. The molecule has 6 heteroatoms. The molecule has 158 valence electrons. The number of likely N-dealkylation sites (tertiary alicyclic amines) is 1. The van der Waals surface area contributed by atoms with E-state index in [1.165, 1.54) is 29.2 Å². The number of hydrogen-bond donors (Lipinski definition) is 0. The van der Waals surface area contributed by atoms with Gasteiger partial charge >= 0.3 is 6.03 Å². The van der Waals surface area contributed by atoms with Crippen LogP contribution in [0.15, 0.2) is 30.3 Å². The van der Waals surface area contributed by atoms with Gasteiger partial charge in [-0.05, 0) is 48.7 Å². The number of piperidine rings is 1. The molecule has 3 aliphatic heterocycles. The molecule has 1 spiro atoms. The maximum atomic E-state index is 13.6. The third kappa shape index (κ3) is 4.06. The van der Waals surface area contributed by atoms with Crippen molar-refractivity contribution in [1.29, 1.82) is 0 Å². The van der Waals surface area contributed by atoms with Gasteiger partial charge in [0.05, 0.1) is 0 Å². The second kappa shape index (κ2) is 8.68. The van der Waals surface area contributed by atoms with Gasteiger partial charge < -0.3 is 9.80 Å². The molecule has 0 aromatic heterocycles. The van der Waals surface area contributed by atoms with Crippen LogP contribution in [0.5, 0.6) is 0 Å². The average molecular weight is 416 g/mol. The van der Waals surface area contributed by atoms with E-state index >= 15 is 0 Å². The van der Waals surface area contributed by atoms with E-state index in [-0.39, 0.29) is 17.9 Å². The molecule has 1 aromatic carbocycles. The van der Waals surface area contributed by atoms with Crippen molar-refractivity contribution in [2.24, 2.45) is 5.92 Å². The fourth-order valence-corrected chi connectivity index (χ4v) is 6.17. The largest absolute Gasteiger partial charge is 0.327 e. The predicted octanol–water partition coefficient (Wildman–Crippen LogP) is 3.84. The third-order valence-electron chi connectivity index (χ3n) is 6.69. The molecule has 0 aliphatic carbocycles. The van der Waals surface area contributed by atoms with E-state index in [9.17, 15) is 9.59 Å². The lowest BCUT2D eigenvalue weighted by Crippen LogP contribution is -2.58. The summed E-state index contributed by atoms with van der Waals surface area (Å²) in [6, 6.07) is 10.6. The molecule has 0 radical (unpaired) electrons. The lowest BCUT2D eigenvalue weighted by atomic mass is 9.84. The number of amides is 3. The van der Waals surface area contributed by atoms with Gasteiger partial charge in [-0.2, -0.15) is 11.8 Å². The van der Waals surface area contributed by atoms with E-state index in [1.54, 1.807) is 0 Å². The van der Waals surface area contributed by atoms with Gasteiger partial charge in [0, 0.05) is 32.2 Å². The highest BCUT2D eigenvalue weighted by Gasteiger charge is 2.58. The minimum atomic E-state index is -0.665. The van der Waals surface area contributed by atoms with Crippen LogP contribution in [0.2, 0.25) is 0 Å². The molecular formula is C23H33N3O2S. The second-order valence-corrected chi connectivity index (χ2v) is 10.3. The summed E-state index contributed by atoms with van der Waals surface area (Å²) >= 11 is 2.05. The van der Waals surface area contributed by atoms with Crippen LogP contribution in [0.1, 0.15) is 45.1 Å². The summed E-state index contributed by atoms with van der Waals surface area (Å²) in [5.74, 6) is 2.79. The standard InChI is InChI=1S/C23H33N3O2S/c1-18(2)16-25-21(27)23(26(22(25)28)17-19-6-4-3-5-7-19)10-12-24(13-11-23)20-8-14-29-15-9-20/h3-7,18,20H,8-17H2,1-2H3. The first-order chi connectivity index (χ1) is 14.0. The van der Waals surface area contributed by atoms with Crippen LogP contribution in [-0.4, -0.2) is 69.4 Å². The van der Waals surface area contributed by atoms with Crippen LogP contribution in [-0.2, 0) is 11.3 Å². The Balaban J connectivity index is 1.56. The molecule has 0 N–H and O–H groups in total. The van der Waals surface area contributed by atoms with Gasteiger partial charge in [-0.1, -0.05) is 44.2 Å². The lowest BCUT2D eigenvalue weighted by Gasteiger charge is -2.45. The zero-order valence-corrected chi connectivity index (χ0v) is 18.5. The van der Waals surface area contributed by atoms with Crippen LogP contribution < -0.4 is 0 Å². The number of thioether (sulfide) groups is 1. The number of hydrogen-bond acceptors (Lipinski definition) is 4. The molecular weight excluding hydrogens is 382 g/mol. The molecule has 0 saturated carbocycles. The van der Waals surface area contributed by atoms with E-state index in [0.29, 0.717) is 19.1 Å². The normalized spacial score (nSPS) is 23.6. The summed E-state index contributed by atoms with van der Waals surface area (Å²) in [6.45, 7) is 6.98. The van der Waals surface area contributed by atoms with Crippen LogP contribution in [0, 0.1) is 5.92 Å². The molecule has 3 aliphatic rings. The average Bonchev–Trinajstić information content (AvgIpc) is 2.92. The number of benzene rings is 1. The molecule has 3 amide bonds. The Morgan fingerprint density at radius 1 is 1.07 bits per heavy atom. The highest BCUT2D eigenvalue weighted by Crippen LogP contribution is 2.40. The third-order valence-corrected chi connectivity index (χ3v) is 7.73. The molecule has 0 unspecified atom stereocenters. The first-order valence-electron chi connectivity index (χ1n) is 11.0. The molecule has 1 aromatic rings. The van der Waals surface area contributed by atoms with Crippen LogP contribution in [0.25, 0.3) is 0 Å². The van der Waals surface area contributed by atoms with Gasteiger partial charge in [-0.15, -0.1) is 0 Å². The molecule has 3 fully saturated rings. The Labute approximate surface area is 178 Å². The molecule has 4 rings (SSSR count). The Morgan fingerprint density at radius 3 is 2.34 bits per heavy atom. The van der Waals surface area contributed by atoms with E-state index in [4.69, 9.17) is 0 Å². The van der Waals surface area contributed by atoms with E-state index in [1.807, 2.05) is 47.0 Å². The number of imide groups is 1. The number of nitrogens with zero attached hydrogens (tertiary/aromatic N) is 3. The zero-order chi connectivity index (χ0) is 20.4. The molecule has 3 heterocycles. The minimum Gasteiger partial charge on any atom is -0.305 e. The zero-order valence-electron chi connectivity index (χ0n) is 17.7. The number of carbonyl (C=O) groups excluding carboxylic acids is 2. The fraction of sp³-hybridized carbons (Fsp3) is 0.652. The first kappa shape index (κ1) is 20.7. The molecule has 29 heavy (non-hydrogen) atoms. The highest BCUT2D eigenvalue weighted by atomic mass is 32.2. The van der Waals surface area contributed by atoms with Gasteiger partial charge in [0.25, 0.3) is 5.91 Å². The van der Waals surface area contributed by atoms with Crippen molar-refractivity contribution in [2.45, 2.75) is 57.7 Å². The van der Waals surface area contributed by atoms with Gasteiger partial charge in [-0.3, -0.25) is 9.69 Å². The van der Waals surface area contributed by atoms with Crippen LogP contribution >= 0.6 is 11.8 Å². The quantitative estimate of drug-likeness (QED) is 0.686. The molecule has 3 saturated heterocycles. The van der Waals surface area contributed by atoms with Crippen molar-refractivity contribution in [3.63, 3.8) is 0 Å². The SMILES string of the molecule is CC(C)CN1C(=O)N(Cc2ccccc2)C2(CCN(C3CCSCC3)CC2)C1=O. The molecule has 0 bridgehead atoms. The fourth-order valence-electron chi connectivity index (χ4n) is 5.09. The Bertz CT molecular complexity index is 725. The highest BCUT2D eigenvalue weighted by molar-refractivity contribution is 7.99. The second-order valence-electron chi connectivity index (χ2n) is 9.08. The Kier molecular flexibility index (Phi) is 6.21. The van der Waals surface area contributed by atoms with Crippen LogP contribution in [0.3, 0.4) is 0 Å². The number of rotatable bonds is 5. The van der Waals surface area contributed by atoms with Gasteiger partial charge in [0.15, 0.2) is 0 Å². The van der Waals surface area contributed by atoms with Crippen molar-refractivity contribution in [3.8, 4) is 0 Å². The smallest absolute Gasteiger partial charge is 0.305 e. The Morgan fingerprint density at radius 2 is 1.72 bits per heavy atom. The van der Waals surface area contributed by atoms with Crippen molar-refractivity contribution >= 4 is 23.7 Å². The summed E-state index contributed by atoms with van der Waals surface area (Å²) in [7, 11) is 0. The van der Waals surface area contributed by atoms with E-state index in [0.717, 1.165) is 31.5 Å². The lowest BCUT2D eigenvalue weighted by molar-refractivity contribution is -0.136. The van der Waals surface area contributed by atoms with E-state index in [2.05, 4.69) is 18.7 Å². The van der Waals surface area contributed by atoms with Crippen molar-refractivity contribution < 1.29 is 9.59 Å². The molecule has 5 nitrogen and oxygen atoms in total. The van der Waals surface area contributed by atoms with Gasteiger partial charge in [-0.25, -0.2) is 4.79 Å². The van der Waals surface area contributed by atoms with Gasteiger partial charge in [0.1, 0.15) is 5.54 Å². The predicted molar refractivity (Wildman–Crippen MR) is 118 cm³/mol. The summed E-state index contributed by atoms with van der Waals surface area (Å²) in [4.78, 5) is 32.9. The van der Waals surface area contributed by atoms with Crippen LogP contribution in [0.4, 0.5) is 4.79 Å². The topological polar surface area (TPSA) is 43.9 Å². The maximum absolute atomic E-state index is 13.6. The minimum absolute atomic E-state index is 0.0333. The number of urea groups is 1. The van der Waals surface area contributed by atoms with Crippen molar-refractivity contribution in [1.82, 2.24) is 14.7 Å². The molecule has 0 atom stereocenters. The summed E-state index contributed by atoms with van der Waals surface area (Å²) < 4.78 is 0. The number of carbonyl (C=O) groups is 2. The Hall–Kier alpha value is -1.53. The van der Waals surface area contributed by atoms with Gasteiger partial charge in [0.2, 0.25) is 0 Å². The summed E-state index contributed by atoms with van der Waals surface area (Å²) in [5, 5.41) is 0. The maximum Gasteiger partial charge on any atom is 0.327 e. The van der Waals surface area contributed by atoms with Crippen molar-refractivity contribution in [2.75, 3.05) is 31.1 Å². The monoisotopic (exact) mass is 415 g/mol. The summed E-state index contributed by atoms with van der Waals surface area (Å²) in [6.07, 6.45) is 4.00. The van der Waals surface area contributed by atoms with E-state index < -0.39 is 5.54 Å². The van der Waals surface area contributed by atoms with Crippen molar-refractivity contribution in [3.05, 3.63) is 35.9 Å². The first-order valence-corrected chi connectivity index (χ1v) is 12.2.